The number of hydrogen-bond donors (Lipinski definition) is 0. The Kier molecular flexibility index (Phi) is 6.05. The van der Waals surface area contributed by atoms with Gasteiger partial charge in [-0.25, -0.2) is 0 Å². The molecule has 0 radical (unpaired) electrons. The molecule has 1 heterocycles. The topological polar surface area (TPSA) is 80.0 Å². The van der Waals surface area contributed by atoms with Crippen LogP contribution >= 0.6 is 11.6 Å². The molecule has 23 heavy (non-hydrogen) atoms. The molecule has 0 aliphatic heterocycles. The van der Waals surface area contributed by atoms with Crippen molar-refractivity contribution in [1.29, 1.82) is 5.26 Å². The minimum absolute atomic E-state index is 0.0563. The molecule has 1 aromatic rings. The van der Waals surface area contributed by atoms with E-state index in [9.17, 15) is 9.59 Å². The van der Waals surface area contributed by atoms with Crippen molar-refractivity contribution in [3.05, 3.63) is 34.7 Å². The van der Waals surface area contributed by atoms with Crippen molar-refractivity contribution < 1.29 is 14.3 Å². The van der Waals surface area contributed by atoms with E-state index in [4.69, 9.17) is 21.6 Å². The van der Waals surface area contributed by atoms with E-state index in [1.54, 1.807) is 40.0 Å². The summed E-state index contributed by atoms with van der Waals surface area (Å²) in [6.45, 7) is 8.43. The van der Waals surface area contributed by atoms with Crippen molar-refractivity contribution in [2.45, 2.75) is 40.0 Å². The molecule has 6 heteroatoms. The second-order valence-electron chi connectivity index (χ2n) is 5.59. The average Bonchev–Trinajstić information content (AvgIpc) is 2.47. The van der Waals surface area contributed by atoms with Gasteiger partial charge in [-0.2, -0.15) is 5.26 Å². The van der Waals surface area contributed by atoms with Gasteiger partial charge in [-0.15, -0.1) is 0 Å². The quantitative estimate of drug-likeness (QED) is 0.469. The molecule has 0 bridgehead atoms. The number of halogens is 1. The monoisotopic (exact) mass is 334 g/mol. The smallest absolute Gasteiger partial charge is 0.317 e. The van der Waals surface area contributed by atoms with Gasteiger partial charge in [-0.1, -0.05) is 11.6 Å². The number of ketones is 1. The summed E-state index contributed by atoms with van der Waals surface area (Å²) in [5.41, 5.74) is 0.558. The normalized spacial score (nSPS) is 12.2. The van der Waals surface area contributed by atoms with Gasteiger partial charge in [0.05, 0.1) is 17.3 Å². The first-order chi connectivity index (χ1) is 10.7. The lowest BCUT2D eigenvalue weighted by Gasteiger charge is -2.22. The van der Waals surface area contributed by atoms with E-state index in [1.165, 1.54) is 6.92 Å². The second-order valence-corrected chi connectivity index (χ2v) is 5.96. The summed E-state index contributed by atoms with van der Waals surface area (Å²) in [6.07, 6.45) is 1.56. The lowest BCUT2D eigenvalue weighted by molar-refractivity contribution is -0.149. The third-order valence-corrected chi connectivity index (χ3v) is 3.84. The highest BCUT2D eigenvalue weighted by atomic mass is 35.5. The fourth-order valence-corrected chi connectivity index (χ4v) is 2.31. The lowest BCUT2D eigenvalue weighted by atomic mass is 9.87. The highest BCUT2D eigenvalue weighted by Crippen LogP contribution is 2.31. The van der Waals surface area contributed by atoms with Crippen LogP contribution in [0.1, 0.15) is 44.5 Å². The van der Waals surface area contributed by atoms with Crippen molar-refractivity contribution in [2.75, 3.05) is 6.61 Å². The van der Waals surface area contributed by atoms with Gasteiger partial charge in [0, 0.05) is 11.8 Å². The van der Waals surface area contributed by atoms with Gasteiger partial charge in [0.15, 0.2) is 5.78 Å². The Bertz CT molecular complexity index is 715. The summed E-state index contributed by atoms with van der Waals surface area (Å²) in [7, 11) is 0. The molecular weight excluding hydrogens is 316 g/mol. The predicted octanol–water partition coefficient (Wildman–Crippen LogP) is 3.29. The van der Waals surface area contributed by atoms with Gasteiger partial charge in [-0.05, 0) is 46.2 Å². The number of allylic oxidation sites excluding steroid dienone is 1. The van der Waals surface area contributed by atoms with Crippen LogP contribution in [0.5, 0.6) is 0 Å². The van der Waals surface area contributed by atoms with E-state index < -0.39 is 17.2 Å². The van der Waals surface area contributed by atoms with Crippen molar-refractivity contribution in [2.24, 2.45) is 0 Å². The average molecular weight is 335 g/mol. The minimum Gasteiger partial charge on any atom is -0.465 e. The number of Topliss-reactive ketones (excluding diaryl/α,β-unsaturated/α-hetero) is 1. The maximum absolute atomic E-state index is 12.1. The zero-order chi connectivity index (χ0) is 17.8. The molecule has 0 amide bonds. The zero-order valence-electron chi connectivity index (χ0n) is 13.9. The van der Waals surface area contributed by atoms with E-state index in [0.717, 1.165) is 0 Å². The van der Waals surface area contributed by atoms with Gasteiger partial charge in [0.1, 0.15) is 17.1 Å². The molecule has 0 aromatic carbocycles. The fraction of sp³-hybridized carbons (Fsp3) is 0.412. The number of esters is 1. The number of aromatic nitrogens is 1. The Morgan fingerprint density at radius 2 is 2.04 bits per heavy atom. The highest BCUT2D eigenvalue weighted by Gasteiger charge is 2.33. The summed E-state index contributed by atoms with van der Waals surface area (Å²) >= 11 is 6.23. The number of hydrogen-bond acceptors (Lipinski definition) is 5. The van der Waals surface area contributed by atoms with Crippen molar-refractivity contribution in [1.82, 2.24) is 4.98 Å². The number of rotatable bonds is 5. The third-order valence-electron chi connectivity index (χ3n) is 3.45. The van der Waals surface area contributed by atoms with Crippen LogP contribution in [0.25, 0.3) is 5.03 Å². The Morgan fingerprint density at radius 3 is 2.52 bits per heavy atom. The van der Waals surface area contributed by atoms with Gasteiger partial charge < -0.3 is 4.74 Å². The molecule has 0 unspecified atom stereocenters. The largest absolute Gasteiger partial charge is 0.465 e. The van der Waals surface area contributed by atoms with Crippen LogP contribution in [0, 0.1) is 18.3 Å². The number of ether oxygens (including phenoxy) is 1. The standard InChI is InChI=1S/C17H19ClN2O3/c1-6-23-16(22)17(4,5)14-7-12(10(2)9-20-14)15(18)13(8-19)11(3)21/h7,9H,6H2,1-5H3/b15-13+. The molecule has 0 saturated carbocycles. The molecule has 0 spiro atoms. The van der Waals surface area contributed by atoms with Gasteiger partial charge in [0.2, 0.25) is 0 Å². The van der Waals surface area contributed by atoms with Crippen LogP contribution in [-0.2, 0) is 19.7 Å². The number of nitrogens with zero attached hydrogens (tertiary/aromatic N) is 2. The summed E-state index contributed by atoms with van der Waals surface area (Å²) in [4.78, 5) is 27.9. The van der Waals surface area contributed by atoms with E-state index in [2.05, 4.69) is 4.98 Å². The molecular formula is C17H19ClN2O3. The Labute approximate surface area is 140 Å². The molecule has 1 rings (SSSR count). The molecule has 0 atom stereocenters. The second kappa shape index (κ2) is 7.38. The number of carbonyl (C=O) groups excluding carboxylic acids is 2. The number of nitriles is 1. The molecule has 0 aliphatic carbocycles. The number of pyridine rings is 1. The minimum atomic E-state index is -0.974. The first kappa shape index (κ1) is 18.9. The predicted molar refractivity (Wildman–Crippen MR) is 87.7 cm³/mol. The van der Waals surface area contributed by atoms with E-state index in [0.29, 0.717) is 16.8 Å². The molecule has 122 valence electrons. The van der Waals surface area contributed by atoms with Gasteiger partial charge in [0.25, 0.3) is 0 Å². The first-order valence-electron chi connectivity index (χ1n) is 7.12. The molecule has 0 fully saturated rings. The molecule has 0 aliphatic rings. The van der Waals surface area contributed by atoms with Crippen LogP contribution in [0.15, 0.2) is 17.8 Å². The maximum atomic E-state index is 12.1. The van der Waals surface area contributed by atoms with E-state index >= 15 is 0 Å². The van der Waals surface area contributed by atoms with Crippen LogP contribution in [0.3, 0.4) is 0 Å². The molecule has 0 N–H and O–H groups in total. The summed E-state index contributed by atoms with van der Waals surface area (Å²) in [5.74, 6) is -0.825. The first-order valence-corrected chi connectivity index (χ1v) is 7.50. The lowest BCUT2D eigenvalue weighted by Crippen LogP contribution is -2.32. The van der Waals surface area contributed by atoms with Crippen molar-refractivity contribution in [3.8, 4) is 6.07 Å². The summed E-state index contributed by atoms with van der Waals surface area (Å²) < 4.78 is 5.07. The molecule has 1 aromatic heterocycles. The van der Waals surface area contributed by atoms with Crippen LogP contribution in [0.2, 0.25) is 0 Å². The highest BCUT2D eigenvalue weighted by molar-refractivity contribution is 6.51. The summed E-state index contributed by atoms with van der Waals surface area (Å²) in [6, 6.07) is 3.43. The SMILES string of the molecule is CCOC(=O)C(C)(C)c1cc(/C(Cl)=C(/C#N)C(C)=O)c(C)cn1. The van der Waals surface area contributed by atoms with Crippen LogP contribution < -0.4 is 0 Å². The third kappa shape index (κ3) is 3.96. The van der Waals surface area contributed by atoms with Gasteiger partial charge >= 0.3 is 5.97 Å². The van der Waals surface area contributed by atoms with E-state index in [-0.39, 0.29) is 17.2 Å². The fourth-order valence-electron chi connectivity index (χ4n) is 1.94. The van der Waals surface area contributed by atoms with Crippen molar-refractivity contribution in [3.63, 3.8) is 0 Å². The zero-order valence-corrected chi connectivity index (χ0v) is 14.6. The van der Waals surface area contributed by atoms with Crippen LogP contribution in [-0.4, -0.2) is 23.3 Å². The van der Waals surface area contributed by atoms with Gasteiger partial charge in [-0.3, -0.25) is 14.6 Å². The van der Waals surface area contributed by atoms with Crippen LogP contribution in [0.4, 0.5) is 0 Å². The number of aryl methyl sites for hydroxylation is 1. The number of carbonyl (C=O) groups is 2. The molecule has 0 saturated heterocycles. The molecule has 5 nitrogen and oxygen atoms in total. The van der Waals surface area contributed by atoms with Crippen molar-refractivity contribution >= 4 is 28.4 Å². The Hall–Kier alpha value is -2.19. The summed E-state index contributed by atoms with van der Waals surface area (Å²) in [5, 5.41) is 9.16. The van der Waals surface area contributed by atoms with E-state index in [1.807, 2.05) is 6.07 Å². The Morgan fingerprint density at radius 1 is 1.43 bits per heavy atom. The Balaban J connectivity index is 3.49. The maximum Gasteiger partial charge on any atom is 0.317 e.